The molecule has 0 spiro atoms. The number of halogens is 3. The van der Waals surface area contributed by atoms with Crippen LogP contribution < -0.4 is 9.86 Å². The standard InChI is InChI=1S/C13H17F3N2O4S2/c14-13(15,16)11-6-1-2-7-12(11)18-24(21,22)10-5-3-4-9(8-10)23(17,19)20/h3-5,8,11-12,18H,1-2,6-7H2,(H2,17,19,20)/t11-,12-/m1/s1. The first-order valence-electron chi connectivity index (χ1n) is 7.13. The number of benzene rings is 1. The molecule has 1 aliphatic carbocycles. The summed E-state index contributed by atoms with van der Waals surface area (Å²) >= 11 is 0. The molecule has 1 fully saturated rings. The molecule has 3 N–H and O–H groups in total. The van der Waals surface area contributed by atoms with Crippen LogP contribution in [0.5, 0.6) is 0 Å². The van der Waals surface area contributed by atoms with Crippen molar-refractivity contribution in [2.75, 3.05) is 0 Å². The summed E-state index contributed by atoms with van der Waals surface area (Å²) in [6.07, 6.45) is -3.72. The Hall–Kier alpha value is -1.17. The summed E-state index contributed by atoms with van der Waals surface area (Å²) in [7, 11) is -8.43. The summed E-state index contributed by atoms with van der Waals surface area (Å²) in [5.41, 5.74) is 0. The Kier molecular flexibility index (Phi) is 5.28. The van der Waals surface area contributed by atoms with Crippen LogP contribution in [0.25, 0.3) is 0 Å². The molecule has 136 valence electrons. The molecule has 1 aromatic rings. The van der Waals surface area contributed by atoms with Crippen LogP contribution in [-0.2, 0) is 20.0 Å². The summed E-state index contributed by atoms with van der Waals surface area (Å²) in [6, 6.07) is 2.91. The second-order valence-electron chi connectivity index (χ2n) is 5.68. The molecule has 0 aromatic heterocycles. The number of primary sulfonamides is 1. The molecule has 0 saturated heterocycles. The zero-order chi connectivity index (χ0) is 18.2. The molecule has 1 aliphatic rings. The minimum atomic E-state index is -4.50. The third-order valence-corrected chi connectivity index (χ3v) is 6.34. The minimum Gasteiger partial charge on any atom is -0.225 e. The quantitative estimate of drug-likeness (QED) is 0.822. The summed E-state index contributed by atoms with van der Waals surface area (Å²) in [5, 5.41) is 4.94. The van der Waals surface area contributed by atoms with E-state index < -0.39 is 48.0 Å². The fraction of sp³-hybridized carbons (Fsp3) is 0.538. The van der Waals surface area contributed by atoms with E-state index in [0.29, 0.717) is 12.8 Å². The van der Waals surface area contributed by atoms with E-state index in [1.807, 2.05) is 0 Å². The lowest BCUT2D eigenvalue weighted by Gasteiger charge is -2.33. The van der Waals surface area contributed by atoms with Crippen LogP contribution in [0.15, 0.2) is 34.1 Å². The van der Waals surface area contributed by atoms with Crippen molar-refractivity contribution in [2.24, 2.45) is 11.1 Å². The molecule has 0 bridgehead atoms. The number of hydrogen-bond acceptors (Lipinski definition) is 4. The maximum Gasteiger partial charge on any atom is 0.393 e. The Balaban J connectivity index is 2.31. The molecule has 0 aliphatic heterocycles. The topological polar surface area (TPSA) is 106 Å². The molecular formula is C13H17F3N2O4S2. The normalized spacial score (nSPS) is 23.2. The van der Waals surface area contributed by atoms with Gasteiger partial charge in [0.05, 0.1) is 15.7 Å². The van der Waals surface area contributed by atoms with Gasteiger partial charge in [0.15, 0.2) is 0 Å². The SMILES string of the molecule is NS(=O)(=O)c1cccc(S(=O)(=O)N[C@@H]2CCCC[C@H]2C(F)(F)F)c1. The highest BCUT2D eigenvalue weighted by Crippen LogP contribution is 2.38. The van der Waals surface area contributed by atoms with E-state index in [1.54, 1.807) is 0 Å². The van der Waals surface area contributed by atoms with E-state index >= 15 is 0 Å². The highest BCUT2D eigenvalue weighted by Gasteiger charge is 2.46. The van der Waals surface area contributed by atoms with Crippen molar-refractivity contribution in [3.8, 4) is 0 Å². The maximum absolute atomic E-state index is 13.1. The van der Waals surface area contributed by atoms with Gasteiger partial charge in [0, 0.05) is 6.04 Å². The minimum absolute atomic E-state index is 0.0677. The van der Waals surface area contributed by atoms with E-state index in [-0.39, 0.29) is 12.8 Å². The van der Waals surface area contributed by atoms with Gasteiger partial charge in [-0.2, -0.15) is 13.2 Å². The van der Waals surface area contributed by atoms with Gasteiger partial charge in [0.2, 0.25) is 20.0 Å². The highest BCUT2D eigenvalue weighted by atomic mass is 32.2. The van der Waals surface area contributed by atoms with Gasteiger partial charge in [-0.25, -0.2) is 26.7 Å². The number of nitrogens with two attached hydrogens (primary N) is 1. The lowest BCUT2D eigenvalue weighted by Crippen LogP contribution is -2.47. The summed E-state index contributed by atoms with van der Waals surface area (Å²) in [5.74, 6) is -1.76. The predicted molar refractivity (Wildman–Crippen MR) is 79.9 cm³/mol. The molecule has 24 heavy (non-hydrogen) atoms. The third-order valence-electron chi connectivity index (χ3n) is 3.94. The van der Waals surface area contributed by atoms with Crippen molar-refractivity contribution in [3.63, 3.8) is 0 Å². The average Bonchev–Trinajstić information content (AvgIpc) is 2.45. The lowest BCUT2D eigenvalue weighted by molar-refractivity contribution is -0.187. The van der Waals surface area contributed by atoms with Crippen molar-refractivity contribution in [3.05, 3.63) is 24.3 Å². The van der Waals surface area contributed by atoms with E-state index in [2.05, 4.69) is 4.72 Å². The molecule has 1 saturated carbocycles. The molecule has 2 atom stereocenters. The third kappa shape index (κ3) is 4.47. The van der Waals surface area contributed by atoms with Gasteiger partial charge < -0.3 is 0 Å². The number of hydrogen-bond donors (Lipinski definition) is 2. The fourth-order valence-electron chi connectivity index (χ4n) is 2.75. The van der Waals surface area contributed by atoms with Crippen molar-refractivity contribution < 1.29 is 30.0 Å². The van der Waals surface area contributed by atoms with Crippen molar-refractivity contribution in [1.82, 2.24) is 4.72 Å². The van der Waals surface area contributed by atoms with Gasteiger partial charge in [0.1, 0.15) is 0 Å². The van der Waals surface area contributed by atoms with Crippen molar-refractivity contribution >= 4 is 20.0 Å². The average molecular weight is 386 g/mol. The second-order valence-corrected chi connectivity index (χ2v) is 8.96. The first-order chi connectivity index (χ1) is 10.9. The molecule has 2 rings (SSSR count). The first kappa shape index (κ1) is 19.2. The van der Waals surface area contributed by atoms with Crippen LogP contribution in [0.3, 0.4) is 0 Å². The van der Waals surface area contributed by atoms with Gasteiger partial charge in [-0.3, -0.25) is 0 Å². The van der Waals surface area contributed by atoms with Crippen LogP contribution in [0.2, 0.25) is 0 Å². The Bertz CT molecular complexity index is 807. The van der Waals surface area contributed by atoms with Crippen LogP contribution in [-0.4, -0.2) is 29.1 Å². The number of alkyl halides is 3. The number of nitrogens with one attached hydrogen (secondary N) is 1. The van der Waals surface area contributed by atoms with Gasteiger partial charge in [-0.15, -0.1) is 0 Å². The van der Waals surface area contributed by atoms with Gasteiger partial charge in [0.25, 0.3) is 0 Å². The first-order valence-corrected chi connectivity index (χ1v) is 10.2. The highest BCUT2D eigenvalue weighted by molar-refractivity contribution is 7.90. The number of sulfonamides is 2. The summed E-state index contributed by atoms with van der Waals surface area (Å²) in [6.45, 7) is 0. The van der Waals surface area contributed by atoms with E-state index in [0.717, 1.165) is 24.3 Å². The Morgan fingerprint density at radius 2 is 1.62 bits per heavy atom. The molecule has 0 amide bonds. The molecule has 0 unspecified atom stereocenters. The number of rotatable bonds is 4. The Morgan fingerprint density at radius 1 is 1.04 bits per heavy atom. The molecule has 0 radical (unpaired) electrons. The van der Waals surface area contributed by atoms with E-state index in [1.165, 1.54) is 0 Å². The summed E-state index contributed by atoms with van der Waals surface area (Å²) in [4.78, 5) is -0.873. The molecule has 1 aromatic carbocycles. The monoisotopic (exact) mass is 386 g/mol. The second kappa shape index (κ2) is 6.62. The fourth-order valence-corrected chi connectivity index (χ4v) is 4.74. The zero-order valence-corrected chi connectivity index (χ0v) is 14.1. The zero-order valence-electron chi connectivity index (χ0n) is 12.5. The van der Waals surface area contributed by atoms with Crippen molar-refractivity contribution in [1.29, 1.82) is 0 Å². The van der Waals surface area contributed by atoms with Crippen LogP contribution in [0.1, 0.15) is 25.7 Å². The van der Waals surface area contributed by atoms with E-state index in [4.69, 9.17) is 5.14 Å². The molecular weight excluding hydrogens is 369 g/mol. The molecule has 0 heterocycles. The summed E-state index contributed by atoms with van der Waals surface area (Å²) < 4.78 is 88.5. The Morgan fingerprint density at radius 3 is 2.21 bits per heavy atom. The van der Waals surface area contributed by atoms with Gasteiger partial charge >= 0.3 is 6.18 Å². The van der Waals surface area contributed by atoms with Crippen LogP contribution >= 0.6 is 0 Å². The van der Waals surface area contributed by atoms with Gasteiger partial charge in [-0.1, -0.05) is 18.9 Å². The maximum atomic E-state index is 13.1. The van der Waals surface area contributed by atoms with Crippen molar-refractivity contribution in [2.45, 2.75) is 47.7 Å². The lowest BCUT2D eigenvalue weighted by atomic mass is 9.85. The molecule has 11 heteroatoms. The van der Waals surface area contributed by atoms with Gasteiger partial charge in [-0.05, 0) is 31.0 Å². The smallest absolute Gasteiger partial charge is 0.225 e. The Labute approximate surface area is 138 Å². The van der Waals surface area contributed by atoms with Crippen LogP contribution in [0, 0.1) is 5.92 Å². The molecule has 6 nitrogen and oxygen atoms in total. The van der Waals surface area contributed by atoms with Crippen LogP contribution in [0.4, 0.5) is 13.2 Å². The predicted octanol–water partition coefficient (Wildman–Crippen LogP) is 1.73. The largest absolute Gasteiger partial charge is 0.393 e. The van der Waals surface area contributed by atoms with E-state index in [9.17, 15) is 30.0 Å².